The number of carbonyl (C=O) groups is 1. The fourth-order valence-corrected chi connectivity index (χ4v) is 8.19. The highest BCUT2D eigenvalue weighted by atomic mass is 16.6. The Kier molecular flexibility index (Phi) is 4.17. The SMILES string of the molecule is CC(=O)[C@H]1CC[C@H]2[C@@H]3CC=C4CC5OCCOC5C[C@]4(C)[C@H]3[C@H](O)C[C@]12C. The zero-order valence-electron chi connectivity index (χ0n) is 16.9. The van der Waals surface area contributed by atoms with Crippen LogP contribution >= 0.6 is 0 Å². The predicted molar refractivity (Wildman–Crippen MR) is 102 cm³/mol. The summed E-state index contributed by atoms with van der Waals surface area (Å²) in [6.45, 7) is 7.79. The van der Waals surface area contributed by atoms with E-state index in [0.29, 0.717) is 30.8 Å². The highest BCUT2D eigenvalue weighted by molar-refractivity contribution is 5.79. The molecule has 5 rings (SSSR count). The quantitative estimate of drug-likeness (QED) is 0.714. The number of aliphatic hydroxyl groups excluding tert-OH is 1. The summed E-state index contributed by atoms with van der Waals surface area (Å²) >= 11 is 0. The monoisotopic (exact) mass is 374 g/mol. The first-order valence-electron chi connectivity index (χ1n) is 11.0. The molecule has 1 heterocycles. The van der Waals surface area contributed by atoms with Gasteiger partial charge in [0.25, 0.3) is 0 Å². The molecule has 1 saturated heterocycles. The van der Waals surface area contributed by atoms with Crippen LogP contribution in [0.25, 0.3) is 0 Å². The van der Waals surface area contributed by atoms with E-state index < -0.39 is 0 Å². The summed E-state index contributed by atoms with van der Waals surface area (Å²) in [4.78, 5) is 12.3. The van der Waals surface area contributed by atoms with Crippen LogP contribution in [0.4, 0.5) is 0 Å². The largest absolute Gasteiger partial charge is 0.393 e. The van der Waals surface area contributed by atoms with Gasteiger partial charge in [-0.15, -0.1) is 0 Å². The lowest BCUT2D eigenvalue weighted by atomic mass is 9.46. The molecule has 0 spiro atoms. The lowest BCUT2D eigenvalue weighted by Gasteiger charge is -2.60. The number of fused-ring (bicyclic) bond motifs is 6. The molecule has 0 radical (unpaired) electrons. The van der Waals surface area contributed by atoms with Crippen molar-refractivity contribution in [3.63, 3.8) is 0 Å². The minimum atomic E-state index is -0.328. The average molecular weight is 375 g/mol. The Labute approximate surface area is 162 Å². The van der Waals surface area contributed by atoms with Gasteiger partial charge < -0.3 is 14.6 Å². The van der Waals surface area contributed by atoms with E-state index in [4.69, 9.17) is 9.47 Å². The fourth-order valence-electron chi connectivity index (χ4n) is 8.19. The van der Waals surface area contributed by atoms with Crippen LogP contribution in [0.2, 0.25) is 0 Å². The van der Waals surface area contributed by atoms with Crippen molar-refractivity contribution in [2.45, 2.75) is 77.6 Å². The van der Waals surface area contributed by atoms with Crippen LogP contribution in [0.1, 0.15) is 59.3 Å². The predicted octanol–water partition coefficient (Wildman–Crippen LogP) is 3.52. The Balaban J connectivity index is 1.50. The van der Waals surface area contributed by atoms with Crippen molar-refractivity contribution in [3.8, 4) is 0 Å². The van der Waals surface area contributed by atoms with Gasteiger partial charge in [0.1, 0.15) is 5.78 Å². The van der Waals surface area contributed by atoms with E-state index in [-0.39, 0.29) is 41.0 Å². The van der Waals surface area contributed by atoms with Gasteiger partial charge >= 0.3 is 0 Å². The molecule has 4 aliphatic carbocycles. The average Bonchev–Trinajstić information content (AvgIpc) is 2.96. The molecule has 0 aromatic carbocycles. The number of hydrogen-bond donors (Lipinski definition) is 1. The first-order valence-corrected chi connectivity index (χ1v) is 11.0. The highest BCUT2D eigenvalue weighted by Crippen LogP contribution is 2.66. The summed E-state index contributed by atoms with van der Waals surface area (Å²) in [5.74, 6) is 1.76. The Morgan fingerprint density at radius 1 is 1.15 bits per heavy atom. The van der Waals surface area contributed by atoms with Crippen LogP contribution in [0.3, 0.4) is 0 Å². The smallest absolute Gasteiger partial charge is 0.133 e. The number of carbonyl (C=O) groups excluding carboxylic acids is 1. The molecule has 3 saturated carbocycles. The van der Waals surface area contributed by atoms with Gasteiger partial charge in [-0.2, -0.15) is 0 Å². The minimum Gasteiger partial charge on any atom is -0.393 e. The van der Waals surface area contributed by atoms with E-state index in [9.17, 15) is 9.90 Å². The maximum absolute atomic E-state index is 12.3. The lowest BCUT2D eigenvalue weighted by Crippen LogP contribution is -2.59. The normalized spacial score (nSPS) is 54.2. The maximum atomic E-state index is 12.3. The summed E-state index contributed by atoms with van der Waals surface area (Å²) in [5.41, 5.74) is 1.45. The number of ketones is 1. The molecular weight excluding hydrogens is 340 g/mol. The van der Waals surface area contributed by atoms with E-state index in [1.165, 1.54) is 5.57 Å². The van der Waals surface area contributed by atoms with E-state index in [1.807, 2.05) is 0 Å². The van der Waals surface area contributed by atoms with Crippen molar-refractivity contribution in [1.82, 2.24) is 0 Å². The van der Waals surface area contributed by atoms with Crippen molar-refractivity contribution in [1.29, 1.82) is 0 Å². The molecule has 0 aromatic heterocycles. The van der Waals surface area contributed by atoms with Crippen LogP contribution in [-0.2, 0) is 14.3 Å². The van der Waals surface area contributed by atoms with Gasteiger partial charge in [0.2, 0.25) is 0 Å². The molecule has 9 atom stereocenters. The molecule has 0 bridgehead atoms. The van der Waals surface area contributed by atoms with Crippen molar-refractivity contribution in [2.75, 3.05) is 13.2 Å². The Bertz CT molecular complexity index is 671. The molecule has 27 heavy (non-hydrogen) atoms. The van der Waals surface area contributed by atoms with Crippen LogP contribution < -0.4 is 0 Å². The van der Waals surface area contributed by atoms with Gasteiger partial charge in [-0.25, -0.2) is 0 Å². The first kappa shape index (κ1) is 18.3. The third-order valence-corrected chi connectivity index (χ3v) is 9.26. The molecule has 5 aliphatic rings. The second kappa shape index (κ2) is 6.14. The second-order valence-corrected chi connectivity index (χ2v) is 10.4. The van der Waals surface area contributed by atoms with Gasteiger partial charge in [0.15, 0.2) is 0 Å². The molecule has 150 valence electrons. The lowest BCUT2D eigenvalue weighted by molar-refractivity contribution is -0.186. The van der Waals surface area contributed by atoms with Gasteiger partial charge in [0, 0.05) is 5.92 Å². The van der Waals surface area contributed by atoms with E-state index in [2.05, 4.69) is 19.9 Å². The molecule has 4 fully saturated rings. The van der Waals surface area contributed by atoms with Crippen LogP contribution in [-0.4, -0.2) is 42.4 Å². The maximum Gasteiger partial charge on any atom is 0.133 e. The van der Waals surface area contributed by atoms with Gasteiger partial charge in [-0.3, -0.25) is 4.79 Å². The van der Waals surface area contributed by atoms with Crippen LogP contribution in [0.5, 0.6) is 0 Å². The van der Waals surface area contributed by atoms with Crippen molar-refractivity contribution in [2.24, 2.45) is 34.5 Å². The van der Waals surface area contributed by atoms with E-state index in [0.717, 1.165) is 38.5 Å². The molecule has 4 nitrogen and oxygen atoms in total. The number of allylic oxidation sites excluding steroid dienone is 1. The molecular formula is C23H34O4. The molecule has 1 aliphatic heterocycles. The highest BCUT2D eigenvalue weighted by Gasteiger charge is 2.63. The third kappa shape index (κ3) is 2.49. The summed E-state index contributed by atoms with van der Waals surface area (Å²) in [6.07, 6.45) is 8.37. The molecule has 1 N–H and O–H groups in total. The zero-order valence-corrected chi connectivity index (χ0v) is 16.9. The number of Topliss-reactive ketones (excluding diaryl/α,β-unsaturated/α-hetero) is 1. The minimum absolute atomic E-state index is 0.000158. The number of hydrogen-bond acceptors (Lipinski definition) is 4. The third-order valence-electron chi connectivity index (χ3n) is 9.26. The summed E-state index contributed by atoms with van der Waals surface area (Å²) in [6, 6.07) is 0. The van der Waals surface area contributed by atoms with Crippen molar-refractivity contribution in [3.05, 3.63) is 11.6 Å². The molecule has 2 unspecified atom stereocenters. The second-order valence-electron chi connectivity index (χ2n) is 10.4. The Morgan fingerprint density at radius 3 is 2.63 bits per heavy atom. The fraction of sp³-hybridized carbons (Fsp3) is 0.870. The topological polar surface area (TPSA) is 55.8 Å². The van der Waals surface area contributed by atoms with Crippen molar-refractivity contribution >= 4 is 5.78 Å². The van der Waals surface area contributed by atoms with Gasteiger partial charge in [-0.05, 0) is 74.0 Å². The Morgan fingerprint density at radius 2 is 1.89 bits per heavy atom. The van der Waals surface area contributed by atoms with Crippen LogP contribution in [0.15, 0.2) is 11.6 Å². The van der Waals surface area contributed by atoms with Crippen molar-refractivity contribution < 1.29 is 19.4 Å². The summed E-state index contributed by atoms with van der Waals surface area (Å²) in [7, 11) is 0. The number of rotatable bonds is 1. The van der Waals surface area contributed by atoms with Crippen LogP contribution in [0, 0.1) is 34.5 Å². The summed E-state index contributed by atoms with van der Waals surface area (Å²) in [5, 5.41) is 11.4. The van der Waals surface area contributed by atoms with Gasteiger partial charge in [-0.1, -0.05) is 25.5 Å². The van der Waals surface area contributed by atoms with Gasteiger partial charge in [0.05, 0.1) is 31.5 Å². The molecule has 0 aromatic rings. The van der Waals surface area contributed by atoms with E-state index >= 15 is 0 Å². The molecule has 0 amide bonds. The number of ether oxygens (including phenoxy) is 2. The van der Waals surface area contributed by atoms with E-state index in [1.54, 1.807) is 6.92 Å². The standard InChI is InChI=1S/C23H34O4/c1-13(24)16-6-7-17-15-5-4-14-10-19-20(27-9-8-26-19)12-22(14,2)21(15)18(25)11-23(16,17)3/h4,15-21,25H,5-12H2,1-3H3/t15-,16+,17-,18+,19?,20?,21+,22-,23+/m0/s1. The zero-order chi connectivity index (χ0) is 19.0. The summed E-state index contributed by atoms with van der Waals surface area (Å²) < 4.78 is 12.1. The Hall–Kier alpha value is -0.710. The first-order chi connectivity index (χ1) is 12.8. The number of aliphatic hydroxyl groups is 1. The molecule has 4 heteroatoms.